The van der Waals surface area contributed by atoms with E-state index in [2.05, 4.69) is 20.3 Å². The number of aromatic nitrogens is 5. The summed E-state index contributed by atoms with van der Waals surface area (Å²) >= 11 is 7.13. The first kappa shape index (κ1) is 18.5. The van der Waals surface area contributed by atoms with E-state index in [0.717, 1.165) is 5.56 Å². The highest BCUT2D eigenvalue weighted by Crippen LogP contribution is 2.24. The van der Waals surface area contributed by atoms with Crippen LogP contribution in [0.25, 0.3) is 11.2 Å². The molecule has 2 heterocycles. The smallest absolute Gasteiger partial charge is 0.183 e. The minimum Gasteiger partial charge on any atom is -0.293 e. The van der Waals surface area contributed by atoms with E-state index in [0.29, 0.717) is 33.3 Å². The van der Waals surface area contributed by atoms with E-state index in [1.165, 1.54) is 30.2 Å². The Morgan fingerprint density at radius 2 is 1.82 bits per heavy atom. The van der Waals surface area contributed by atoms with Crippen LogP contribution >= 0.6 is 23.4 Å². The molecule has 0 saturated carbocycles. The van der Waals surface area contributed by atoms with Gasteiger partial charge in [0.1, 0.15) is 17.2 Å². The minimum atomic E-state index is -0.293. The van der Waals surface area contributed by atoms with E-state index in [4.69, 9.17) is 11.6 Å². The van der Waals surface area contributed by atoms with Crippen LogP contribution in [0.5, 0.6) is 0 Å². The molecule has 0 aliphatic heterocycles. The van der Waals surface area contributed by atoms with Crippen LogP contribution in [0.2, 0.25) is 5.02 Å². The van der Waals surface area contributed by atoms with Crippen molar-refractivity contribution < 1.29 is 9.18 Å². The minimum absolute atomic E-state index is 0.0351. The van der Waals surface area contributed by atoms with Crippen molar-refractivity contribution in [2.45, 2.75) is 11.6 Å². The molecule has 0 fully saturated rings. The zero-order chi connectivity index (χ0) is 19.5. The van der Waals surface area contributed by atoms with Crippen molar-refractivity contribution >= 4 is 40.3 Å². The number of hydrogen-bond acceptors (Lipinski definition) is 6. The molecule has 0 aliphatic rings. The van der Waals surface area contributed by atoms with Crippen molar-refractivity contribution in [2.24, 2.45) is 0 Å². The zero-order valence-electron chi connectivity index (χ0n) is 14.4. The van der Waals surface area contributed by atoms with Gasteiger partial charge in [0.05, 0.1) is 12.3 Å². The van der Waals surface area contributed by atoms with Crippen LogP contribution in [-0.4, -0.2) is 36.5 Å². The molecular weight excluding hydrogens is 401 g/mol. The fourth-order valence-corrected chi connectivity index (χ4v) is 3.55. The van der Waals surface area contributed by atoms with Gasteiger partial charge in [-0.2, -0.15) is 0 Å². The molecule has 4 aromatic rings. The first-order valence-corrected chi connectivity index (χ1v) is 9.67. The Kier molecular flexibility index (Phi) is 5.31. The maximum absolute atomic E-state index is 13.1. The number of fused-ring (bicyclic) bond motifs is 1. The highest BCUT2D eigenvalue weighted by molar-refractivity contribution is 8.00. The van der Waals surface area contributed by atoms with Gasteiger partial charge in [-0.3, -0.25) is 4.79 Å². The number of hydrogen-bond donors (Lipinski definition) is 0. The van der Waals surface area contributed by atoms with E-state index in [1.807, 2.05) is 0 Å². The molecule has 0 aliphatic carbocycles. The number of halogens is 2. The number of nitrogens with zero attached hydrogens (tertiary/aromatic N) is 5. The molecule has 28 heavy (non-hydrogen) atoms. The lowest BCUT2D eigenvalue weighted by atomic mass is 10.1. The fraction of sp³-hybridized carbons (Fsp3) is 0.105. The Bertz CT molecular complexity index is 1130. The molecule has 4 rings (SSSR count). The fourth-order valence-electron chi connectivity index (χ4n) is 2.60. The largest absolute Gasteiger partial charge is 0.293 e. The number of carbonyl (C=O) groups excluding carboxylic acids is 1. The predicted molar refractivity (Wildman–Crippen MR) is 105 cm³/mol. The number of ketones is 1. The van der Waals surface area contributed by atoms with Gasteiger partial charge in [-0.05, 0) is 42.0 Å². The second kappa shape index (κ2) is 8.04. The van der Waals surface area contributed by atoms with E-state index < -0.39 is 0 Å². The molecule has 0 saturated heterocycles. The van der Waals surface area contributed by atoms with E-state index >= 15 is 0 Å². The zero-order valence-corrected chi connectivity index (χ0v) is 16.0. The highest BCUT2D eigenvalue weighted by atomic mass is 35.5. The van der Waals surface area contributed by atoms with Crippen LogP contribution in [0, 0.1) is 5.82 Å². The number of rotatable bonds is 6. The number of benzene rings is 2. The third-order valence-corrected chi connectivity index (χ3v) is 5.25. The van der Waals surface area contributed by atoms with Gasteiger partial charge in [0.2, 0.25) is 0 Å². The summed E-state index contributed by atoms with van der Waals surface area (Å²) in [4.78, 5) is 20.8. The highest BCUT2D eigenvalue weighted by Gasteiger charge is 2.14. The Morgan fingerprint density at radius 1 is 1.07 bits per heavy atom. The predicted octanol–water partition coefficient (Wildman–Crippen LogP) is 4.04. The quantitative estimate of drug-likeness (QED) is 0.270. The Labute approximate surface area is 168 Å². The normalized spacial score (nSPS) is 11.1. The second-order valence-electron chi connectivity index (χ2n) is 5.94. The lowest BCUT2D eigenvalue weighted by Crippen LogP contribution is -2.04. The maximum Gasteiger partial charge on any atom is 0.183 e. The molecular formula is C19H13ClFN5OS. The lowest BCUT2D eigenvalue weighted by Gasteiger charge is -2.03. The maximum atomic E-state index is 13.1. The van der Waals surface area contributed by atoms with E-state index in [1.54, 1.807) is 41.1 Å². The summed E-state index contributed by atoms with van der Waals surface area (Å²) in [5.74, 6) is -0.121. The van der Waals surface area contributed by atoms with Gasteiger partial charge in [0.25, 0.3) is 0 Å². The average Bonchev–Trinajstić information content (AvgIpc) is 3.12. The van der Waals surface area contributed by atoms with E-state index in [-0.39, 0.29) is 17.4 Å². The number of carbonyl (C=O) groups is 1. The summed E-state index contributed by atoms with van der Waals surface area (Å²) in [6, 6.07) is 12.9. The molecule has 9 heteroatoms. The van der Waals surface area contributed by atoms with Crippen LogP contribution in [0.4, 0.5) is 4.39 Å². The molecule has 0 bridgehead atoms. The van der Waals surface area contributed by atoms with Gasteiger partial charge < -0.3 is 0 Å². The van der Waals surface area contributed by atoms with Crippen molar-refractivity contribution in [1.29, 1.82) is 0 Å². The molecule has 0 spiro atoms. The van der Waals surface area contributed by atoms with Gasteiger partial charge in [-0.15, -0.1) is 5.10 Å². The topological polar surface area (TPSA) is 73.6 Å². The van der Waals surface area contributed by atoms with Gasteiger partial charge in [-0.1, -0.05) is 40.7 Å². The first-order chi connectivity index (χ1) is 13.6. The van der Waals surface area contributed by atoms with Crippen molar-refractivity contribution in [2.75, 3.05) is 5.75 Å². The Balaban J connectivity index is 1.52. The standard InChI is InChI=1S/C19H13ClFN5OS/c20-14-5-3-13(4-6-14)16(27)10-28-19-17-18(22-11-23-19)26(25-24-17)9-12-1-7-15(21)8-2-12/h1-8,11H,9-10H2. The van der Waals surface area contributed by atoms with Gasteiger partial charge in [-0.25, -0.2) is 19.0 Å². The van der Waals surface area contributed by atoms with Crippen molar-refractivity contribution in [3.05, 3.63) is 76.8 Å². The lowest BCUT2D eigenvalue weighted by molar-refractivity contribution is 0.102. The van der Waals surface area contributed by atoms with Gasteiger partial charge >= 0.3 is 0 Å². The molecule has 0 N–H and O–H groups in total. The second-order valence-corrected chi connectivity index (χ2v) is 7.34. The molecule has 0 atom stereocenters. The van der Waals surface area contributed by atoms with Gasteiger partial charge in [0.15, 0.2) is 16.9 Å². The molecule has 2 aromatic heterocycles. The summed E-state index contributed by atoms with van der Waals surface area (Å²) in [6.45, 7) is 0.404. The first-order valence-electron chi connectivity index (χ1n) is 8.30. The monoisotopic (exact) mass is 413 g/mol. The van der Waals surface area contributed by atoms with Gasteiger partial charge in [0, 0.05) is 10.6 Å². The summed E-state index contributed by atoms with van der Waals surface area (Å²) in [7, 11) is 0. The summed E-state index contributed by atoms with van der Waals surface area (Å²) in [6.07, 6.45) is 1.42. The van der Waals surface area contributed by atoms with Crippen LogP contribution in [0.15, 0.2) is 59.9 Å². The van der Waals surface area contributed by atoms with Crippen LogP contribution in [-0.2, 0) is 6.54 Å². The third-order valence-electron chi connectivity index (χ3n) is 4.02. The van der Waals surface area contributed by atoms with Crippen molar-refractivity contribution in [3.8, 4) is 0 Å². The molecule has 0 unspecified atom stereocenters. The third kappa shape index (κ3) is 4.02. The Hall–Kier alpha value is -2.84. The van der Waals surface area contributed by atoms with Crippen molar-refractivity contribution in [3.63, 3.8) is 0 Å². The number of thioether (sulfide) groups is 1. The number of Topliss-reactive ketones (excluding diaryl/α,β-unsaturated/α-hetero) is 1. The van der Waals surface area contributed by atoms with Crippen LogP contribution in [0.3, 0.4) is 0 Å². The summed E-state index contributed by atoms with van der Waals surface area (Å²) < 4.78 is 14.7. The Morgan fingerprint density at radius 3 is 2.57 bits per heavy atom. The average molecular weight is 414 g/mol. The molecule has 2 aromatic carbocycles. The molecule has 0 amide bonds. The van der Waals surface area contributed by atoms with Crippen LogP contribution in [0.1, 0.15) is 15.9 Å². The van der Waals surface area contributed by atoms with Crippen LogP contribution < -0.4 is 0 Å². The molecule has 6 nitrogen and oxygen atoms in total. The summed E-state index contributed by atoms with van der Waals surface area (Å²) in [5, 5.41) is 9.45. The van der Waals surface area contributed by atoms with E-state index in [9.17, 15) is 9.18 Å². The SMILES string of the molecule is O=C(CSc1ncnc2c1nnn2Cc1ccc(F)cc1)c1ccc(Cl)cc1. The molecule has 140 valence electrons. The van der Waals surface area contributed by atoms with Crippen molar-refractivity contribution in [1.82, 2.24) is 25.0 Å². The summed E-state index contributed by atoms with van der Waals surface area (Å²) in [5.41, 5.74) is 2.54. The molecule has 0 radical (unpaired) electrons.